The molecule has 0 bridgehead atoms. The van der Waals surface area contributed by atoms with Gasteiger partial charge in [-0.1, -0.05) is 12.1 Å². The summed E-state index contributed by atoms with van der Waals surface area (Å²) in [4.78, 5) is 14.6. The first-order chi connectivity index (χ1) is 12.1. The summed E-state index contributed by atoms with van der Waals surface area (Å²) in [5.41, 5.74) is 1.75. The van der Waals surface area contributed by atoms with Crippen LogP contribution in [0, 0.1) is 0 Å². The van der Waals surface area contributed by atoms with Crippen LogP contribution in [0.25, 0.3) is 0 Å². The number of anilines is 1. The van der Waals surface area contributed by atoms with Crippen molar-refractivity contribution in [2.75, 3.05) is 5.32 Å². The summed E-state index contributed by atoms with van der Waals surface area (Å²) in [5, 5.41) is 23.1. The van der Waals surface area contributed by atoms with Crippen LogP contribution in [0.1, 0.15) is 27.8 Å². The average Bonchev–Trinajstić information content (AvgIpc) is 3.11. The molecule has 3 N–H and O–H groups in total. The van der Waals surface area contributed by atoms with E-state index in [0.29, 0.717) is 22.6 Å². The van der Waals surface area contributed by atoms with Crippen molar-refractivity contribution in [3.8, 4) is 11.5 Å². The number of para-hydroxylation sites is 1. The number of hydrogen-bond acceptors (Lipinski definition) is 5. The minimum Gasteiger partial charge on any atom is -0.508 e. The minimum absolute atomic E-state index is 0.0404. The maximum Gasteiger partial charge on any atom is 0.258 e. The average molecular weight is 336 g/mol. The van der Waals surface area contributed by atoms with Crippen molar-refractivity contribution in [1.29, 1.82) is 0 Å². The highest BCUT2D eigenvalue weighted by molar-refractivity contribution is 6.01. The van der Waals surface area contributed by atoms with Crippen LogP contribution in [0.5, 0.6) is 11.5 Å². The van der Waals surface area contributed by atoms with Gasteiger partial charge < -0.3 is 24.8 Å². The predicted octanol–water partition coefficient (Wildman–Crippen LogP) is 3.46. The Bertz CT molecular complexity index is 921. The Labute approximate surface area is 143 Å². The van der Waals surface area contributed by atoms with Crippen molar-refractivity contribution < 1.29 is 19.4 Å². The number of phenols is 2. The number of phenolic OH excluding ortho intramolecular Hbond substituents is 2. The summed E-state index contributed by atoms with van der Waals surface area (Å²) in [6.07, 6.45) is 0.964. The highest BCUT2D eigenvalue weighted by Crippen LogP contribution is 2.38. The Morgan fingerprint density at radius 1 is 1.08 bits per heavy atom. The molecule has 0 saturated heterocycles. The number of rotatable bonds is 3. The van der Waals surface area contributed by atoms with Crippen LogP contribution >= 0.6 is 0 Å². The fourth-order valence-electron chi connectivity index (χ4n) is 3.04. The van der Waals surface area contributed by atoms with Crippen LogP contribution < -0.4 is 5.32 Å². The van der Waals surface area contributed by atoms with Crippen LogP contribution in [0.2, 0.25) is 0 Å². The van der Waals surface area contributed by atoms with E-state index in [2.05, 4.69) is 5.32 Å². The smallest absolute Gasteiger partial charge is 0.258 e. The van der Waals surface area contributed by atoms with E-state index in [1.54, 1.807) is 35.4 Å². The van der Waals surface area contributed by atoms with Gasteiger partial charge in [0, 0.05) is 17.3 Å². The topological polar surface area (TPSA) is 85.9 Å². The van der Waals surface area contributed by atoms with E-state index in [1.165, 1.54) is 12.1 Å². The van der Waals surface area contributed by atoms with Gasteiger partial charge in [-0.2, -0.15) is 0 Å². The van der Waals surface area contributed by atoms with Crippen molar-refractivity contribution in [3.63, 3.8) is 0 Å². The molecule has 0 saturated carbocycles. The fourth-order valence-corrected chi connectivity index (χ4v) is 3.04. The molecule has 2 aromatic carbocycles. The molecule has 25 heavy (non-hydrogen) atoms. The Morgan fingerprint density at radius 2 is 1.92 bits per heavy atom. The van der Waals surface area contributed by atoms with Gasteiger partial charge in [-0.25, -0.2) is 0 Å². The first kappa shape index (κ1) is 15.1. The van der Waals surface area contributed by atoms with Crippen molar-refractivity contribution in [2.24, 2.45) is 0 Å². The third-order valence-electron chi connectivity index (χ3n) is 4.24. The summed E-state index contributed by atoms with van der Waals surface area (Å²) in [6, 6.07) is 15.1. The number of hydrogen-bond donors (Lipinski definition) is 3. The second kappa shape index (κ2) is 5.90. The molecule has 0 spiro atoms. The highest BCUT2D eigenvalue weighted by atomic mass is 16.3. The molecule has 1 aliphatic rings. The molecular weight excluding hydrogens is 320 g/mol. The van der Waals surface area contributed by atoms with Crippen molar-refractivity contribution >= 4 is 11.6 Å². The van der Waals surface area contributed by atoms with Gasteiger partial charge in [0.25, 0.3) is 5.91 Å². The van der Waals surface area contributed by atoms with Crippen molar-refractivity contribution in [1.82, 2.24) is 4.90 Å². The highest BCUT2D eigenvalue weighted by Gasteiger charge is 2.34. The largest absolute Gasteiger partial charge is 0.508 e. The Hall–Kier alpha value is -3.41. The lowest BCUT2D eigenvalue weighted by Crippen LogP contribution is -2.42. The summed E-state index contributed by atoms with van der Waals surface area (Å²) >= 11 is 0. The van der Waals surface area contributed by atoms with Crippen LogP contribution in [0.3, 0.4) is 0 Å². The van der Waals surface area contributed by atoms with Crippen LogP contribution in [0.15, 0.2) is 65.3 Å². The summed E-state index contributed by atoms with van der Waals surface area (Å²) < 4.78 is 5.38. The number of fused-ring (bicyclic) bond motifs is 1. The standard InChI is InChI=1S/C19H16N2O4/c22-12-7-8-15(17(23)10-12)18-20-16-6-2-1-5-14(16)19(24)21(18)11-13-4-3-9-25-13/h1-10,18,20,22-23H,11H2/t18-/m0/s1. The molecule has 6 heteroatoms. The molecule has 0 unspecified atom stereocenters. The first-order valence-corrected chi connectivity index (χ1v) is 7.84. The lowest BCUT2D eigenvalue weighted by molar-refractivity contribution is 0.0649. The molecule has 6 nitrogen and oxygen atoms in total. The van der Waals surface area contributed by atoms with Crippen molar-refractivity contribution in [3.05, 3.63) is 77.7 Å². The zero-order chi connectivity index (χ0) is 17.4. The van der Waals surface area contributed by atoms with Gasteiger partial charge in [-0.05, 0) is 36.4 Å². The van der Waals surface area contributed by atoms with E-state index in [4.69, 9.17) is 4.42 Å². The summed E-state index contributed by atoms with van der Waals surface area (Å²) in [7, 11) is 0. The number of carbonyl (C=O) groups is 1. The summed E-state index contributed by atoms with van der Waals surface area (Å²) in [5.74, 6) is 0.344. The molecule has 1 amide bonds. The van der Waals surface area contributed by atoms with Gasteiger partial charge in [-0.15, -0.1) is 0 Å². The van der Waals surface area contributed by atoms with Crippen LogP contribution in [0.4, 0.5) is 5.69 Å². The zero-order valence-electron chi connectivity index (χ0n) is 13.2. The normalized spacial score (nSPS) is 16.4. The lowest BCUT2D eigenvalue weighted by atomic mass is 10.0. The van der Waals surface area contributed by atoms with Gasteiger partial charge in [0.2, 0.25) is 0 Å². The first-order valence-electron chi connectivity index (χ1n) is 7.84. The predicted molar refractivity (Wildman–Crippen MR) is 91.2 cm³/mol. The quantitative estimate of drug-likeness (QED) is 0.682. The number of nitrogens with one attached hydrogen (secondary N) is 1. The molecule has 2 heterocycles. The third kappa shape index (κ3) is 2.67. The van der Waals surface area contributed by atoms with Crippen LogP contribution in [-0.4, -0.2) is 21.0 Å². The molecule has 0 fully saturated rings. The maximum atomic E-state index is 13.0. The fraction of sp³-hybridized carbons (Fsp3) is 0.105. The Balaban J connectivity index is 1.80. The molecule has 4 rings (SSSR count). The van der Waals surface area contributed by atoms with Gasteiger partial charge in [-0.3, -0.25) is 4.79 Å². The molecule has 0 aliphatic carbocycles. The Kier molecular flexibility index (Phi) is 3.57. The minimum atomic E-state index is -0.590. The van der Waals surface area contributed by atoms with Crippen LogP contribution in [-0.2, 0) is 6.54 Å². The van der Waals surface area contributed by atoms with Gasteiger partial charge in [0.05, 0.1) is 18.4 Å². The molecule has 0 radical (unpaired) electrons. The number of amides is 1. The lowest BCUT2D eigenvalue weighted by Gasteiger charge is -2.37. The van der Waals surface area contributed by atoms with E-state index in [0.717, 1.165) is 0 Å². The Morgan fingerprint density at radius 3 is 2.68 bits per heavy atom. The maximum absolute atomic E-state index is 13.0. The SMILES string of the molecule is O=C1c2ccccc2N[C@H](c2ccc(O)cc2O)N1Cc1ccco1. The molecule has 1 aliphatic heterocycles. The molecule has 3 aromatic rings. The molecule has 126 valence electrons. The van der Waals surface area contributed by atoms with E-state index in [-0.39, 0.29) is 24.0 Å². The second-order valence-electron chi connectivity index (χ2n) is 5.85. The van der Waals surface area contributed by atoms with E-state index in [1.807, 2.05) is 18.2 Å². The van der Waals surface area contributed by atoms with E-state index < -0.39 is 6.17 Å². The van der Waals surface area contributed by atoms with E-state index >= 15 is 0 Å². The monoisotopic (exact) mass is 336 g/mol. The van der Waals surface area contributed by atoms with E-state index in [9.17, 15) is 15.0 Å². The molecule has 1 aromatic heterocycles. The van der Waals surface area contributed by atoms with Gasteiger partial charge >= 0.3 is 0 Å². The van der Waals surface area contributed by atoms with Gasteiger partial charge in [0.15, 0.2) is 0 Å². The molecule has 1 atom stereocenters. The number of nitrogens with zero attached hydrogens (tertiary/aromatic N) is 1. The number of furan rings is 1. The second-order valence-corrected chi connectivity index (χ2v) is 5.85. The third-order valence-corrected chi connectivity index (χ3v) is 4.24. The zero-order valence-corrected chi connectivity index (χ0v) is 13.2. The van der Waals surface area contributed by atoms with Crippen molar-refractivity contribution in [2.45, 2.75) is 12.7 Å². The van der Waals surface area contributed by atoms with Gasteiger partial charge in [0.1, 0.15) is 23.4 Å². The number of aromatic hydroxyl groups is 2. The number of benzene rings is 2. The molecular formula is C19H16N2O4. The number of carbonyl (C=O) groups excluding carboxylic acids is 1. The summed E-state index contributed by atoms with van der Waals surface area (Å²) in [6.45, 7) is 0.248.